The first kappa shape index (κ1) is 19.9. The summed E-state index contributed by atoms with van der Waals surface area (Å²) in [6.45, 7) is 0. The molecule has 1 heterocycles. The van der Waals surface area contributed by atoms with Gasteiger partial charge in [-0.25, -0.2) is 9.82 Å². The van der Waals surface area contributed by atoms with Crippen molar-refractivity contribution in [3.05, 3.63) is 65.7 Å². The molecule has 150 valence electrons. The summed E-state index contributed by atoms with van der Waals surface area (Å²) in [4.78, 5) is 12.4. The molecule has 8 heteroatoms. The van der Waals surface area contributed by atoms with Gasteiger partial charge in [-0.2, -0.15) is 5.10 Å². The average molecular weight is 398 g/mol. The molecule has 2 aromatic carbocycles. The van der Waals surface area contributed by atoms with Crippen molar-refractivity contribution in [2.24, 2.45) is 5.10 Å². The number of benzene rings is 2. The van der Waals surface area contributed by atoms with Crippen molar-refractivity contribution in [3.8, 4) is 28.6 Å². The Bertz CT molecular complexity index is 1020. The van der Waals surface area contributed by atoms with Crippen molar-refractivity contribution < 1.29 is 27.8 Å². The Morgan fingerprint density at radius 3 is 2.34 bits per heavy atom. The van der Waals surface area contributed by atoms with Crippen LogP contribution < -0.4 is 19.6 Å². The maximum absolute atomic E-state index is 13.8. The fraction of sp³-hybridized carbons (Fsp3) is 0.143. The zero-order valence-corrected chi connectivity index (χ0v) is 16.1. The monoisotopic (exact) mass is 398 g/mol. The van der Waals surface area contributed by atoms with Crippen molar-refractivity contribution >= 4 is 12.1 Å². The van der Waals surface area contributed by atoms with Gasteiger partial charge in [0.2, 0.25) is 5.75 Å². The molecule has 0 spiro atoms. The van der Waals surface area contributed by atoms with Crippen LogP contribution in [0.15, 0.2) is 58.0 Å². The maximum atomic E-state index is 13.8. The molecule has 7 nitrogen and oxygen atoms in total. The minimum atomic E-state index is -0.485. The van der Waals surface area contributed by atoms with E-state index < -0.39 is 5.91 Å². The number of methoxy groups -OCH3 is 3. The molecule has 0 aliphatic carbocycles. The number of rotatable bonds is 7. The molecule has 3 rings (SSSR count). The van der Waals surface area contributed by atoms with Crippen LogP contribution in [0.1, 0.15) is 16.1 Å². The van der Waals surface area contributed by atoms with Crippen molar-refractivity contribution in [1.82, 2.24) is 5.43 Å². The summed E-state index contributed by atoms with van der Waals surface area (Å²) in [6, 6.07) is 12.5. The number of hydrazone groups is 1. The second-order valence-electron chi connectivity index (χ2n) is 5.80. The van der Waals surface area contributed by atoms with Gasteiger partial charge in [0.15, 0.2) is 11.5 Å². The molecule has 1 N–H and O–H groups in total. The Morgan fingerprint density at radius 1 is 1.03 bits per heavy atom. The summed E-state index contributed by atoms with van der Waals surface area (Å²) < 4.78 is 35.1. The lowest BCUT2D eigenvalue weighted by Gasteiger charge is -2.13. The molecule has 0 radical (unpaired) electrons. The predicted octanol–water partition coefficient (Wildman–Crippen LogP) is 3.88. The number of hydrogen-bond acceptors (Lipinski definition) is 6. The molecule has 0 unspecified atom stereocenters. The van der Waals surface area contributed by atoms with Crippen LogP contribution in [0.5, 0.6) is 17.2 Å². The highest BCUT2D eigenvalue weighted by atomic mass is 19.1. The van der Waals surface area contributed by atoms with Crippen LogP contribution >= 0.6 is 0 Å². The molecular formula is C21H19FN2O5. The molecule has 29 heavy (non-hydrogen) atoms. The molecule has 0 fully saturated rings. The second-order valence-corrected chi connectivity index (χ2v) is 5.80. The third-order valence-corrected chi connectivity index (χ3v) is 4.05. The molecule has 0 saturated heterocycles. The van der Waals surface area contributed by atoms with Gasteiger partial charge in [0.05, 0.1) is 33.1 Å². The van der Waals surface area contributed by atoms with Crippen molar-refractivity contribution in [3.63, 3.8) is 0 Å². The number of halogens is 1. The number of nitrogens with zero attached hydrogens (tertiary/aromatic N) is 1. The van der Waals surface area contributed by atoms with E-state index in [1.54, 1.807) is 30.3 Å². The fourth-order valence-corrected chi connectivity index (χ4v) is 2.66. The molecule has 1 aromatic heterocycles. The number of ether oxygens (including phenoxy) is 3. The SMILES string of the molecule is COc1cc(C(=O)N/N=C\c2ccc(-c3ccccc3F)o2)cc(OC)c1OC. The number of furan rings is 1. The third-order valence-electron chi connectivity index (χ3n) is 4.05. The Kier molecular flexibility index (Phi) is 6.13. The van der Waals surface area contributed by atoms with E-state index in [0.717, 1.165) is 0 Å². The van der Waals surface area contributed by atoms with Gasteiger partial charge in [-0.3, -0.25) is 4.79 Å². The van der Waals surface area contributed by atoms with Gasteiger partial charge in [-0.15, -0.1) is 0 Å². The minimum absolute atomic E-state index is 0.267. The smallest absolute Gasteiger partial charge is 0.271 e. The number of amides is 1. The van der Waals surface area contributed by atoms with Gasteiger partial charge in [0.25, 0.3) is 5.91 Å². The van der Waals surface area contributed by atoms with Crippen molar-refractivity contribution in [1.29, 1.82) is 0 Å². The first-order valence-electron chi connectivity index (χ1n) is 8.55. The highest BCUT2D eigenvalue weighted by molar-refractivity contribution is 5.96. The first-order chi connectivity index (χ1) is 14.1. The molecule has 0 aliphatic rings. The Balaban J connectivity index is 1.73. The summed E-state index contributed by atoms with van der Waals surface area (Å²) in [6.07, 6.45) is 1.32. The summed E-state index contributed by atoms with van der Waals surface area (Å²) in [5.41, 5.74) is 3.00. The molecular weight excluding hydrogens is 379 g/mol. The van der Waals surface area contributed by atoms with Crippen molar-refractivity contribution in [2.45, 2.75) is 0 Å². The minimum Gasteiger partial charge on any atom is -0.493 e. The van der Waals surface area contributed by atoms with E-state index in [0.29, 0.717) is 34.3 Å². The Labute approximate surface area is 166 Å². The van der Waals surface area contributed by atoms with Crippen LogP contribution in [0, 0.1) is 5.82 Å². The van der Waals surface area contributed by atoms with E-state index in [1.807, 2.05) is 0 Å². The second kappa shape index (κ2) is 8.92. The number of nitrogens with one attached hydrogen (secondary N) is 1. The van der Waals surface area contributed by atoms with Gasteiger partial charge >= 0.3 is 0 Å². The summed E-state index contributed by atoms with van der Waals surface area (Å²) in [7, 11) is 4.39. The quantitative estimate of drug-likeness (QED) is 0.483. The molecule has 1 amide bonds. The summed E-state index contributed by atoms with van der Waals surface area (Å²) in [5.74, 6) is 0.922. The van der Waals surface area contributed by atoms with Gasteiger partial charge < -0.3 is 18.6 Å². The predicted molar refractivity (Wildman–Crippen MR) is 105 cm³/mol. The lowest BCUT2D eigenvalue weighted by Crippen LogP contribution is -2.18. The van der Waals surface area contributed by atoms with Gasteiger partial charge in [-0.05, 0) is 36.4 Å². The molecule has 0 bridgehead atoms. The Hall–Kier alpha value is -3.81. The zero-order chi connectivity index (χ0) is 20.8. The van der Waals surface area contributed by atoms with E-state index in [-0.39, 0.29) is 11.4 Å². The lowest BCUT2D eigenvalue weighted by molar-refractivity contribution is 0.0954. The fourth-order valence-electron chi connectivity index (χ4n) is 2.66. The molecule has 0 atom stereocenters. The summed E-state index contributed by atoms with van der Waals surface area (Å²) >= 11 is 0. The first-order valence-corrected chi connectivity index (χ1v) is 8.55. The van der Waals surface area contributed by atoms with Crippen LogP contribution in [-0.2, 0) is 0 Å². The summed E-state index contributed by atoms with van der Waals surface area (Å²) in [5, 5.41) is 3.88. The van der Waals surface area contributed by atoms with Gasteiger partial charge in [0, 0.05) is 5.56 Å². The molecule has 0 saturated carbocycles. The van der Waals surface area contributed by atoms with E-state index >= 15 is 0 Å². The van der Waals surface area contributed by atoms with E-state index in [2.05, 4.69) is 10.5 Å². The van der Waals surface area contributed by atoms with Gasteiger partial charge in [0.1, 0.15) is 17.3 Å². The van der Waals surface area contributed by atoms with Crippen LogP contribution in [0.4, 0.5) is 4.39 Å². The van der Waals surface area contributed by atoms with E-state index in [4.69, 9.17) is 18.6 Å². The molecule has 3 aromatic rings. The number of carbonyl (C=O) groups excluding carboxylic acids is 1. The van der Waals surface area contributed by atoms with Crippen LogP contribution in [-0.4, -0.2) is 33.5 Å². The maximum Gasteiger partial charge on any atom is 0.271 e. The topological polar surface area (TPSA) is 82.3 Å². The normalized spacial score (nSPS) is 10.8. The molecule has 0 aliphatic heterocycles. The Morgan fingerprint density at radius 2 is 1.72 bits per heavy atom. The highest BCUT2D eigenvalue weighted by Gasteiger charge is 2.16. The number of hydrogen-bond donors (Lipinski definition) is 1. The third kappa shape index (κ3) is 4.37. The van der Waals surface area contributed by atoms with Crippen LogP contribution in [0.2, 0.25) is 0 Å². The van der Waals surface area contributed by atoms with E-state index in [1.165, 1.54) is 45.7 Å². The van der Waals surface area contributed by atoms with Crippen LogP contribution in [0.25, 0.3) is 11.3 Å². The average Bonchev–Trinajstić information content (AvgIpc) is 3.21. The standard InChI is InChI=1S/C21H19FN2O5/c1-26-18-10-13(11-19(27-2)20(18)28-3)21(25)24-23-12-14-8-9-17(29-14)15-6-4-5-7-16(15)22/h4-12H,1-3H3,(H,24,25)/b23-12-. The number of carbonyl (C=O) groups is 1. The zero-order valence-electron chi connectivity index (χ0n) is 16.1. The highest BCUT2D eigenvalue weighted by Crippen LogP contribution is 2.38. The van der Waals surface area contributed by atoms with Gasteiger partial charge in [-0.1, -0.05) is 12.1 Å². The lowest BCUT2D eigenvalue weighted by atomic mass is 10.1. The largest absolute Gasteiger partial charge is 0.493 e. The van der Waals surface area contributed by atoms with Crippen LogP contribution in [0.3, 0.4) is 0 Å². The van der Waals surface area contributed by atoms with E-state index in [9.17, 15) is 9.18 Å². The van der Waals surface area contributed by atoms with Crippen molar-refractivity contribution in [2.75, 3.05) is 21.3 Å².